The van der Waals surface area contributed by atoms with Gasteiger partial charge in [0.2, 0.25) is 0 Å². The summed E-state index contributed by atoms with van der Waals surface area (Å²) >= 11 is 6.22. The highest BCUT2D eigenvalue weighted by Gasteiger charge is 2.22. The average molecular weight is 506 g/mol. The second kappa shape index (κ2) is 11.0. The van der Waals surface area contributed by atoms with Crippen molar-refractivity contribution >= 4 is 47.0 Å². The predicted octanol–water partition coefficient (Wildman–Crippen LogP) is 3.82. The molecule has 0 bridgehead atoms. The van der Waals surface area contributed by atoms with Gasteiger partial charge in [0.25, 0.3) is 11.8 Å². The monoisotopic (exact) mass is 505 g/mol. The SMILES string of the molecule is Cc1ccc(NC(=O)c2cc(Cl)cc(OCC=O)c2NC(=O)c2ccc(C3=NCCN3C)cc2)nc1. The predicted molar refractivity (Wildman–Crippen MR) is 138 cm³/mol. The van der Waals surface area contributed by atoms with Gasteiger partial charge in [0, 0.05) is 42.0 Å². The van der Waals surface area contributed by atoms with Crippen LogP contribution in [0.4, 0.5) is 11.5 Å². The summed E-state index contributed by atoms with van der Waals surface area (Å²) in [6.45, 7) is 3.18. The number of ether oxygens (including phenoxy) is 1. The van der Waals surface area contributed by atoms with Gasteiger partial charge in [-0.25, -0.2) is 4.98 Å². The van der Waals surface area contributed by atoms with Crippen molar-refractivity contribution in [2.75, 3.05) is 37.4 Å². The second-order valence-corrected chi connectivity index (χ2v) is 8.57. The number of aryl methyl sites for hydroxylation is 1. The molecule has 36 heavy (non-hydrogen) atoms. The average Bonchev–Trinajstić information content (AvgIpc) is 3.31. The Hall–Kier alpha value is -4.24. The fraction of sp³-hybridized carbons (Fsp3) is 0.192. The zero-order valence-electron chi connectivity index (χ0n) is 19.7. The molecule has 0 unspecified atom stereocenters. The summed E-state index contributed by atoms with van der Waals surface area (Å²) in [6, 6.07) is 13.3. The molecular formula is C26H24ClN5O4. The first-order valence-corrected chi connectivity index (χ1v) is 11.5. The van der Waals surface area contributed by atoms with Crippen LogP contribution in [0.2, 0.25) is 5.02 Å². The Kier molecular flexibility index (Phi) is 7.60. The van der Waals surface area contributed by atoms with E-state index in [1.165, 1.54) is 12.1 Å². The second-order valence-electron chi connectivity index (χ2n) is 8.14. The molecule has 0 saturated heterocycles. The van der Waals surface area contributed by atoms with Gasteiger partial charge in [-0.3, -0.25) is 19.4 Å². The third kappa shape index (κ3) is 5.69. The van der Waals surface area contributed by atoms with Crippen LogP contribution >= 0.6 is 11.6 Å². The van der Waals surface area contributed by atoms with E-state index < -0.39 is 11.8 Å². The summed E-state index contributed by atoms with van der Waals surface area (Å²) in [5, 5.41) is 5.63. The molecule has 2 heterocycles. The Morgan fingerprint density at radius 2 is 1.89 bits per heavy atom. The van der Waals surface area contributed by atoms with Gasteiger partial charge < -0.3 is 20.3 Å². The highest BCUT2D eigenvalue weighted by atomic mass is 35.5. The maximum Gasteiger partial charge on any atom is 0.259 e. The summed E-state index contributed by atoms with van der Waals surface area (Å²) in [7, 11) is 1.96. The van der Waals surface area contributed by atoms with E-state index in [0.29, 0.717) is 17.7 Å². The first-order chi connectivity index (χ1) is 17.4. The van der Waals surface area contributed by atoms with Gasteiger partial charge in [0.15, 0.2) is 6.29 Å². The van der Waals surface area contributed by atoms with Crippen LogP contribution in [0, 0.1) is 6.92 Å². The van der Waals surface area contributed by atoms with Crippen LogP contribution in [0.25, 0.3) is 0 Å². The number of carbonyl (C=O) groups excluding carboxylic acids is 3. The molecule has 2 amide bonds. The molecule has 0 saturated carbocycles. The molecule has 10 heteroatoms. The number of amidine groups is 1. The van der Waals surface area contributed by atoms with Crippen molar-refractivity contribution in [3.8, 4) is 5.75 Å². The lowest BCUT2D eigenvalue weighted by Crippen LogP contribution is -2.23. The number of hydrogen-bond donors (Lipinski definition) is 2. The number of nitrogens with zero attached hydrogens (tertiary/aromatic N) is 3. The van der Waals surface area contributed by atoms with E-state index in [2.05, 4.69) is 20.6 Å². The van der Waals surface area contributed by atoms with E-state index >= 15 is 0 Å². The fourth-order valence-corrected chi connectivity index (χ4v) is 3.86. The van der Waals surface area contributed by atoms with Crippen LogP contribution in [-0.2, 0) is 4.79 Å². The quantitative estimate of drug-likeness (QED) is 0.450. The molecule has 2 N–H and O–H groups in total. The molecule has 0 fully saturated rings. The van der Waals surface area contributed by atoms with Crippen molar-refractivity contribution in [2.24, 2.45) is 4.99 Å². The molecule has 0 atom stereocenters. The summed E-state index contributed by atoms with van der Waals surface area (Å²) in [5.41, 5.74) is 2.34. The molecule has 1 aliphatic rings. The number of aldehydes is 1. The van der Waals surface area contributed by atoms with Crippen LogP contribution in [0.15, 0.2) is 59.7 Å². The Balaban J connectivity index is 1.63. The summed E-state index contributed by atoms with van der Waals surface area (Å²) in [6.07, 6.45) is 2.18. The van der Waals surface area contributed by atoms with Crippen molar-refractivity contribution < 1.29 is 19.1 Å². The number of anilines is 2. The highest BCUT2D eigenvalue weighted by molar-refractivity contribution is 6.31. The van der Waals surface area contributed by atoms with Gasteiger partial charge in [0.05, 0.1) is 17.8 Å². The lowest BCUT2D eigenvalue weighted by atomic mass is 10.1. The number of aliphatic imine (C=N–C) groups is 1. The minimum Gasteiger partial charge on any atom is -0.484 e. The van der Waals surface area contributed by atoms with Gasteiger partial charge in [-0.05, 0) is 36.8 Å². The smallest absolute Gasteiger partial charge is 0.259 e. The van der Waals surface area contributed by atoms with E-state index in [1.807, 2.05) is 31.0 Å². The first kappa shape index (κ1) is 24.9. The van der Waals surface area contributed by atoms with Crippen molar-refractivity contribution in [1.82, 2.24) is 9.88 Å². The normalized spacial score (nSPS) is 12.6. The number of carbonyl (C=O) groups is 3. The van der Waals surface area contributed by atoms with E-state index in [9.17, 15) is 14.4 Å². The molecule has 2 aromatic carbocycles. The van der Waals surface area contributed by atoms with Crippen LogP contribution < -0.4 is 15.4 Å². The van der Waals surface area contributed by atoms with E-state index in [-0.39, 0.29) is 28.6 Å². The summed E-state index contributed by atoms with van der Waals surface area (Å²) in [4.78, 5) is 47.9. The molecular weight excluding hydrogens is 482 g/mol. The molecule has 1 aliphatic heterocycles. The molecule has 0 aliphatic carbocycles. The Bertz CT molecular complexity index is 1320. The van der Waals surface area contributed by atoms with Crippen LogP contribution in [0.5, 0.6) is 5.75 Å². The maximum absolute atomic E-state index is 13.1. The number of rotatable bonds is 8. The van der Waals surface area contributed by atoms with Crippen LogP contribution in [-0.4, -0.2) is 60.6 Å². The lowest BCUT2D eigenvalue weighted by molar-refractivity contribution is -0.109. The number of likely N-dealkylation sites (N-methyl/N-ethyl adjacent to an activating group) is 1. The largest absolute Gasteiger partial charge is 0.484 e. The van der Waals surface area contributed by atoms with Crippen molar-refractivity contribution in [3.63, 3.8) is 0 Å². The third-order valence-electron chi connectivity index (χ3n) is 5.47. The summed E-state index contributed by atoms with van der Waals surface area (Å²) in [5.74, 6) is 0.256. The minimum atomic E-state index is -0.558. The van der Waals surface area contributed by atoms with E-state index in [1.54, 1.807) is 30.5 Å². The molecule has 184 valence electrons. The van der Waals surface area contributed by atoms with Gasteiger partial charge in [-0.1, -0.05) is 29.8 Å². The van der Waals surface area contributed by atoms with E-state index in [4.69, 9.17) is 16.3 Å². The van der Waals surface area contributed by atoms with E-state index in [0.717, 1.165) is 30.1 Å². The van der Waals surface area contributed by atoms with Gasteiger partial charge in [-0.15, -0.1) is 0 Å². The van der Waals surface area contributed by atoms with Crippen molar-refractivity contribution in [3.05, 3.63) is 82.0 Å². The number of benzene rings is 2. The number of hydrogen-bond acceptors (Lipinski definition) is 7. The maximum atomic E-state index is 13.1. The van der Waals surface area contributed by atoms with Gasteiger partial charge in [0.1, 0.15) is 24.0 Å². The number of halogens is 1. The zero-order valence-corrected chi connectivity index (χ0v) is 20.5. The standard InChI is InChI=1S/C26H24ClN5O4/c1-16-3-8-22(29-15-16)30-26(35)20-13-19(27)14-21(36-12-11-33)23(20)31-25(34)18-6-4-17(5-7-18)24-28-9-10-32(24)2/h3-8,11,13-15H,9-10,12H2,1-2H3,(H,31,34)(H,29,30,35). The third-order valence-corrected chi connectivity index (χ3v) is 5.69. The van der Waals surface area contributed by atoms with Crippen LogP contribution in [0.3, 0.4) is 0 Å². The fourth-order valence-electron chi connectivity index (χ4n) is 3.65. The molecule has 0 radical (unpaired) electrons. The topological polar surface area (TPSA) is 113 Å². The number of aromatic nitrogens is 1. The summed E-state index contributed by atoms with van der Waals surface area (Å²) < 4.78 is 5.47. The van der Waals surface area contributed by atoms with Crippen LogP contribution in [0.1, 0.15) is 31.8 Å². The lowest BCUT2D eigenvalue weighted by Gasteiger charge is -2.17. The van der Waals surface area contributed by atoms with Crippen molar-refractivity contribution in [2.45, 2.75) is 6.92 Å². The Morgan fingerprint density at radius 1 is 1.11 bits per heavy atom. The molecule has 1 aromatic heterocycles. The van der Waals surface area contributed by atoms with Gasteiger partial charge in [-0.2, -0.15) is 0 Å². The number of pyridine rings is 1. The van der Waals surface area contributed by atoms with Gasteiger partial charge >= 0.3 is 0 Å². The van der Waals surface area contributed by atoms with Crippen molar-refractivity contribution in [1.29, 1.82) is 0 Å². The molecule has 3 aromatic rings. The first-order valence-electron chi connectivity index (χ1n) is 11.2. The molecule has 4 rings (SSSR count). The number of amides is 2. The number of nitrogens with one attached hydrogen (secondary N) is 2. The highest BCUT2D eigenvalue weighted by Crippen LogP contribution is 2.34. The molecule has 9 nitrogen and oxygen atoms in total. The Labute approximate surface area is 213 Å². The molecule has 0 spiro atoms. The Morgan fingerprint density at radius 3 is 2.53 bits per heavy atom. The zero-order chi connectivity index (χ0) is 25.7. The minimum absolute atomic E-state index is 0.0534.